The molecule has 0 saturated heterocycles. The van der Waals surface area contributed by atoms with Gasteiger partial charge in [0.2, 0.25) is 0 Å². The first-order chi connectivity index (χ1) is 7.80. The van der Waals surface area contributed by atoms with Gasteiger partial charge in [0.1, 0.15) is 5.75 Å². The second-order valence-electron chi connectivity index (χ2n) is 4.25. The SMILES string of the molecule is Cl.N[C@H](c1cc(Br)cc(C(F)(F)F)c1O)C1CC1. The molecule has 1 atom stereocenters. The number of alkyl halides is 3. The van der Waals surface area contributed by atoms with E-state index in [1.807, 2.05) is 0 Å². The van der Waals surface area contributed by atoms with Crippen LogP contribution in [0.3, 0.4) is 0 Å². The fourth-order valence-corrected chi connectivity index (χ4v) is 2.28. The molecule has 2 rings (SSSR count). The molecule has 1 fully saturated rings. The molecule has 102 valence electrons. The summed E-state index contributed by atoms with van der Waals surface area (Å²) in [4.78, 5) is 0. The summed E-state index contributed by atoms with van der Waals surface area (Å²) in [7, 11) is 0. The molecule has 0 aliphatic heterocycles. The molecular formula is C11H12BrClF3NO. The maximum Gasteiger partial charge on any atom is 0.420 e. The van der Waals surface area contributed by atoms with E-state index in [0.717, 1.165) is 18.9 Å². The molecule has 0 bridgehead atoms. The molecule has 0 unspecified atom stereocenters. The monoisotopic (exact) mass is 345 g/mol. The van der Waals surface area contributed by atoms with Crippen molar-refractivity contribution in [2.45, 2.75) is 25.1 Å². The lowest BCUT2D eigenvalue weighted by Gasteiger charge is -2.17. The van der Waals surface area contributed by atoms with Crippen LogP contribution >= 0.6 is 28.3 Å². The quantitative estimate of drug-likeness (QED) is 0.850. The number of benzene rings is 1. The molecule has 1 aromatic rings. The summed E-state index contributed by atoms with van der Waals surface area (Å²) >= 11 is 3.01. The van der Waals surface area contributed by atoms with Crippen molar-refractivity contribution in [3.8, 4) is 5.75 Å². The first-order valence-corrected chi connectivity index (χ1v) is 5.95. The molecule has 0 spiro atoms. The van der Waals surface area contributed by atoms with Gasteiger partial charge in [-0.1, -0.05) is 15.9 Å². The standard InChI is InChI=1S/C11H11BrF3NO.ClH/c12-6-3-7(9(16)5-1-2-5)10(17)8(4-6)11(13,14)15;/h3-5,9,17H,1-2,16H2;1H/t9-;/m0./s1. The van der Waals surface area contributed by atoms with E-state index < -0.39 is 23.5 Å². The Bertz CT molecular complexity index is 449. The zero-order valence-corrected chi connectivity index (χ0v) is 11.6. The first kappa shape index (κ1) is 15.6. The average Bonchev–Trinajstić information content (AvgIpc) is 3.01. The molecule has 7 heteroatoms. The molecular weight excluding hydrogens is 334 g/mol. The van der Waals surface area contributed by atoms with Crippen LogP contribution in [0, 0.1) is 5.92 Å². The Balaban J connectivity index is 0.00000162. The lowest BCUT2D eigenvalue weighted by Crippen LogP contribution is -2.15. The largest absolute Gasteiger partial charge is 0.507 e. The molecule has 3 N–H and O–H groups in total. The number of halogens is 5. The summed E-state index contributed by atoms with van der Waals surface area (Å²) < 4.78 is 38.3. The van der Waals surface area contributed by atoms with Crippen molar-refractivity contribution in [3.63, 3.8) is 0 Å². The smallest absolute Gasteiger partial charge is 0.420 e. The predicted octanol–water partition coefficient (Wildman–Crippen LogP) is 4.01. The van der Waals surface area contributed by atoms with E-state index in [2.05, 4.69) is 15.9 Å². The molecule has 0 radical (unpaired) electrons. The summed E-state index contributed by atoms with van der Waals surface area (Å²) in [5, 5.41) is 9.68. The molecule has 1 saturated carbocycles. The van der Waals surface area contributed by atoms with E-state index in [9.17, 15) is 18.3 Å². The molecule has 0 amide bonds. The molecule has 2 nitrogen and oxygen atoms in total. The third-order valence-electron chi connectivity index (χ3n) is 2.90. The number of aromatic hydroxyl groups is 1. The van der Waals surface area contributed by atoms with E-state index in [1.54, 1.807) is 0 Å². The Morgan fingerprint density at radius 1 is 1.33 bits per heavy atom. The molecule has 18 heavy (non-hydrogen) atoms. The number of phenolic OH excluding ortho intramolecular Hbond substituents is 1. The van der Waals surface area contributed by atoms with E-state index >= 15 is 0 Å². The van der Waals surface area contributed by atoms with Crippen molar-refractivity contribution in [2.75, 3.05) is 0 Å². The van der Waals surface area contributed by atoms with Crippen LogP contribution in [0.1, 0.15) is 30.0 Å². The molecule has 0 heterocycles. The van der Waals surface area contributed by atoms with Gasteiger partial charge in [0.25, 0.3) is 0 Å². The van der Waals surface area contributed by atoms with Crippen LogP contribution < -0.4 is 5.73 Å². The highest BCUT2D eigenvalue weighted by atomic mass is 79.9. The molecule has 1 aliphatic carbocycles. The van der Waals surface area contributed by atoms with Crippen LogP contribution in [-0.4, -0.2) is 5.11 Å². The number of hydrogen-bond donors (Lipinski definition) is 2. The zero-order valence-electron chi connectivity index (χ0n) is 9.17. The van der Waals surface area contributed by atoms with Gasteiger partial charge in [-0.3, -0.25) is 0 Å². The first-order valence-electron chi connectivity index (χ1n) is 5.16. The van der Waals surface area contributed by atoms with Crippen molar-refractivity contribution < 1.29 is 18.3 Å². The minimum atomic E-state index is -4.58. The van der Waals surface area contributed by atoms with Gasteiger partial charge >= 0.3 is 6.18 Å². The van der Waals surface area contributed by atoms with Gasteiger partial charge in [-0.2, -0.15) is 13.2 Å². The number of phenols is 1. The molecule has 1 aromatic carbocycles. The van der Waals surface area contributed by atoms with E-state index in [-0.39, 0.29) is 28.4 Å². The normalized spacial score (nSPS) is 17.2. The van der Waals surface area contributed by atoms with Gasteiger partial charge in [0, 0.05) is 16.1 Å². The maximum absolute atomic E-state index is 12.7. The lowest BCUT2D eigenvalue weighted by atomic mass is 9.99. The Kier molecular flexibility index (Phi) is 4.56. The maximum atomic E-state index is 12.7. The van der Waals surface area contributed by atoms with Crippen LogP contribution in [0.15, 0.2) is 16.6 Å². The van der Waals surface area contributed by atoms with E-state index in [0.29, 0.717) is 0 Å². The van der Waals surface area contributed by atoms with Crippen molar-refractivity contribution >= 4 is 28.3 Å². The number of hydrogen-bond acceptors (Lipinski definition) is 2. The Labute approximate surface area is 117 Å². The van der Waals surface area contributed by atoms with Crippen LogP contribution in [0.5, 0.6) is 5.75 Å². The van der Waals surface area contributed by atoms with Gasteiger partial charge in [0.15, 0.2) is 0 Å². The van der Waals surface area contributed by atoms with Gasteiger partial charge in [0.05, 0.1) is 5.56 Å². The lowest BCUT2D eigenvalue weighted by molar-refractivity contribution is -0.138. The molecule has 0 aromatic heterocycles. The summed E-state index contributed by atoms with van der Waals surface area (Å²) in [6.45, 7) is 0. The summed E-state index contributed by atoms with van der Waals surface area (Å²) in [6.07, 6.45) is -2.78. The minimum absolute atomic E-state index is 0. The van der Waals surface area contributed by atoms with Gasteiger partial charge in [-0.15, -0.1) is 12.4 Å². The average molecular weight is 347 g/mol. The highest BCUT2D eigenvalue weighted by Crippen LogP contribution is 2.46. The highest BCUT2D eigenvalue weighted by Gasteiger charge is 2.38. The fraction of sp³-hybridized carbons (Fsp3) is 0.455. The summed E-state index contributed by atoms with van der Waals surface area (Å²) in [6, 6.07) is 1.78. The topological polar surface area (TPSA) is 46.2 Å². The fourth-order valence-electron chi connectivity index (χ4n) is 1.80. The Hall–Kier alpha value is -0.460. The van der Waals surface area contributed by atoms with Gasteiger partial charge in [-0.05, 0) is 30.9 Å². The van der Waals surface area contributed by atoms with E-state index in [4.69, 9.17) is 5.73 Å². The second kappa shape index (κ2) is 5.27. The highest BCUT2D eigenvalue weighted by molar-refractivity contribution is 9.10. The Morgan fingerprint density at radius 3 is 2.33 bits per heavy atom. The van der Waals surface area contributed by atoms with E-state index in [1.165, 1.54) is 6.07 Å². The number of nitrogens with two attached hydrogens (primary N) is 1. The van der Waals surface area contributed by atoms with Crippen LogP contribution in [0.25, 0.3) is 0 Å². The van der Waals surface area contributed by atoms with Crippen molar-refractivity contribution in [2.24, 2.45) is 11.7 Å². The summed E-state index contributed by atoms with van der Waals surface area (Å²) in [5.41, 5.74) is 4.95. The van der Waals surface area contributed by atoms with Crippen LogP contribution in [-0.2, 0) is 6.18 Å². The summed E-state index contributed by atoms with van der Waals surface area (Å²) in [5.74, 6) is -0.573. The third-order valence-corrected chi connectivity index (χ3v) is 3.36. The van der Waals surface area contributed by atoms with Crippen molar-refractivity contribution in [1.82, 2.24) is 0 Å². The van der Waals surface area contributed by atoms with Crippen molar-refractivity contribution in [1.29, 1.82) is 0 Å². The predicted molar refractivity (Wildman–Crippen MR) is 67.7 cm³/mol. The molecule has 1 aliphatic rings. The second-order valence-corrected chi connectivity index (χ2v) is 5.17. The van der Waals surface area contributed by atoms with Crippen molar-refractivity contribution in [3.05, 3.63) is 27.7 Å². The minimum Gasteiger partial charge on any atom is -0.507 e. The zero-order chi connectivity index (χ0) is 12.8. The van der Waals surface area contributed by atoms with Crippen LogP contribution in [0.4, 0.5) is 13.2 Å². The number of rotatable bonds is 2. The van der Waals surface area contributed by atoms with Crippen LogP contribution in [0.2, 0.25) is 0 Å². The third kappa shape index (κ3) is 3.10. The Morgan fingerprint density at radius 2 is 1.89 bits per heavy atom. The van der Waals surface area contributed by atoms with Gasteiger partial charge < -0.3 is 10.8 Å². The van der Waals surface area contributed by atoms with Gasteiger partial charge in [-0.25, -0.2) is 0 Å².